The smallest absolute Gasteiger partial charge is 0.310 e. The van der Waals surface area contributed by atoms with Crippen molar-refractivity contribution >= 4 is 49.2 Å². The van der Waals surface area contributed by atoms with Crippen molar-refractivity contribution in [1.29, 1.82) is 0 Å². The lowest BCUT2D eigenvalue weighted by Gasteiger charge is -2.10. The molecule has 0 saturated heterocycles. The van der Waals surface area contributed by atoms with Crippen molar-refractivity contribution < 1.29 is 18.3 Å². The van der Waals surface area contributed by atoms with Gasteiger partial charge < -0.3 is 4.74 Å². The number of benzene rings is 1. The molecule has 138 valence electrons. The highest BCUT2D eigenvalue weighted by molar-refractivity contribution is 9.28. The summed E-state index contributed by atoms with van der Waals surface area (Å²) in [5, 5.41) is 1.82. The molecule has 0 radical (unpaired) electrons. The number of hydrogen-bond acceptors (Lipinski definition) is 3. The number of thiophene rings is 1. The second-order valence-electron chi connectivity index (χ2n) is 6.75. The Hall–Kier alpha value is -1.05. The summed E-state index contributed by atoms with van der Waals surface area (Å²) >= 11 is 7.95. The second-order valence-corrected chi connectivity index (χ2v) is 10.5. The highest BCUT2D eigenvalue weighted by atomic mass is 79.9. The lowest BCUT2D eigenvalue weighted by atomic mass is 10.1. The Kier molecular flexibility index (Phi) is 5.70. The van der Waals surface area contributed by atoms with Crippen molar-refractivity contribution in [1.82, 2.24) is 0 Å². The number of carbonyl (C=O) groups is 1. The molecule has 1 heterocycles. The molecule has 2 atom stereocenters. The van der Waals surface area contributed by atoms with Crippen molar-refractivity contribution in [2.75, 3.05) is 0 Å². The molecule has 1 fully saturated rings. The first kappa shape index (κ1) is 19.7. The van der Waals surface area contributed by atoms with E-state index in [0.29, 0.717) is 10.4 Å². The third kappa shape index (κ3) is 3.80. The number of rotatable bonds is 5. The molecular weight excluding hydrogens is 490 g/mol. The Morgan fingerprint density at radius 1 is 1.31 bits per heavy atom. The summed E-state index contributed by atoms with van der Waals surface area (Å²) < 4.78 is 34.8. The first-order valence-corrected chi connectivity index (χ1v) is 10.4. The van der Waals surface area contributed by atoms with Gasteiger partial charge in [-0.15, -0.1) is 11.3 Å². The maximum Gasteiger partial charge on any atom is 0.310 e. The van der Waals surface area contributed by atoms with Gasteiger partial charge in [-0.25, -0.2) is 8.78 Å². The number of carbonyl (C=O) groups excluding carboxylic acids is 1. The van der Waals surface area contributed by atoms with Gasteiger partial charge in [0.1, 0.15) is 18.2 Å². The van der Waals surface area contributed by atoms with Gasteiger partial charge in [0.25, 0.3) is 0 Å². The number of hydrogen-bond donors (Lipinski definition) is 0. The Morgan fingerprint density at radius 2 is 2.04 bits per heavy atom. The van der Waals surface area contributed by atoms with Crippen molar-refractivity contribution in [3.8, 4) is 10.4 Å². The van der Waals surface area contributed by atoms with Crippen LogP contribution < -0.4 is 0 Å². The van der Waals surface area contributed by atoms with Gasteiger partial charge in [-0.1, -0.05) is 26.0 Å². The molecule has 1 aromatic heterocycles. The van der Waals surface area contributed by atoms with E-state index >= 15 is 0 Å². The lowest BCUT2D eigenvalue weighted by molar-refractivity contribution is -0.147. The van der Waals surface area contributed by atoms with Crippen molar-refractivity contribution in [2.24, 2.45) is 17.3 Å². The van der Waals surface area contributed by atoms with Crippen LogP contribution in [0.3, 0.4) is 0 Å². The molecule has 3 rings (SSSR count). The average molecular weight is 506 g/mol. The third-order valence-electron chi connectivity index (χ3n) is 4.80. The highest BCUT2D eigenvalue weighted by Crippen LogP contribution is 2.60. The van der Waals surface area contributed by atoms with Crippen molar-refractivity contribution in [3.05, 3.63) is 56.3 Å². The van der Waals surface area contributed by atoms with Crippen LogP contribution in [0.5, 0.6) is 0 Å². The van der Waals surface area contributed by atoms with E-state index in [9.17, 15) is 13.6 Å². The second kappa shape index (κ2) is 7.52. The zero-order valence-corrected chi connectivity index (χ0v) is 18.1. The first-order chi connectivity index (χ1) is 12.2. The molecule has 2 aromatic rings. The van der Waals surface area contributed by atoms with Crippen LogP contribution in [0, 0.1) is 28.9 Å². The molecule has 0 spiro atoms. The van der Waals surface area contributed by atoms with E-state index in [1.54, 1.807) is 12.1 Å². The van der Waals surface area contributed by atoms with Gasteiger partial charge in [-0.3, -0.25) is 4.79 Å². The molecule has 7 heteroatoms. The third-order valence-corrected chi connectivity index (χ3v) is 6.23. The van der Waals surface area contributed by atoms with E-state index in [2.05, 4.69) is 31.9 Å². The fraction of sp³-hybridized carbons (Fsp3) is 0.316. The summed E-state index contributed by atoms with van der Waals surface area (Å²) in [7, 11) is 0. The summed E-state index contributed by atoms with van der Waals surface area (Å²) in [6, 6.07) is 6.17. The van der Waals surface area contributed by atoms with Crippen LogP contribution in [-0.4, -0.2) is 5.97 Å². The molecular formula is C19H16Br2F2O2S. The molecule has 0 aliphatic heterocycles. The van der Waals surface area contributed by atoms with Crippen LogP contribution in [0.15, 0.2) is 39.1 Å². The summed E-state index contributed by atoms with van der Waals surface area (Å²) in [4.78, 5) is 13.1. The van der Waals surface area contributed by atoms with Gasteiger partial charge in [0.15, 0.2) is 0 Å². The van der Waals surface area contributed by atoms with Gasteiger partial charge in [-0.2, -0.15) is 0 Å². The maximum absolute atomic E-state index is 14.7. The maximum atomic E-state index is 14.7. The zero-order chi connectivity index (χ0) is 19.1. The fourth-order valence-electron chi connectivity index (χ4n) is 3.16. The standard InChI is InChI=1S/C19H16Br2F2O2S/c1-19(2)12(8-15(20)21)16(19)18(24)25-9-11-13(22)6-5-10(17(11)23)14-4-3-7-26-14/h3-8,12,16H,9H2,1-2H3/t12-,16-/m0/s1. The fourth-order valence-corrected chi connectivity index (χ4v) is 4.47. The Balaban J connectivity index is 1.75. The minimum Gasteiger partial charge on any atom is -0.460 e. The van der Waals surface area contributed by atoms with Crippen LogP contribution in [0.2, 0.25) is 0 Å². The van der Waals surface area contributed by atoms with Crippen LogP contribution in [0.4, 0.5) is 8.78 Å². The minimum atomic E-state index is -0.717. The Labute approximate surface area is 171 Å². The van der Waals surface area contributed by atoms with E-state index in [4.69, 9.17) is 4.74 Å². The Morgan fingerprint density at radius 3 is 2.65 bits per heavy atom. The van der Waals surface area contributed by atoms with Crippen molar-refractivity contribution in [3.63, 3.8) is 0 Å². The molecule has 1 aliphatic carbocycles. The number of ether oxygens (including phenoxy) is 1. The highest BCUT2D eigenvalue weighted by Gasteiger charge is 2.61. The van der Waals surface area contributed by atoms with Gasteiger partial charge in [0, 0.05) is 10.4 Å². The molecule has 0 unspecified atom stereocenters. The number of allylic oxidation sites excluding steroid dienone is 1. The molecule has 0 N–H and O–H groups in total. The lowest BCUT2D eigenvalue weighted by Crippen LogP contribution is -2.12. The van der Waals surface area contributed by atoms with Gasteiger partial charge in [0.05, 0.1) is 14.9 Å². The summed E-state index contributed by atoms with van der Waals surface area (Å²) in [5.74, 6) is -2.17. The molecule has 1 saturated carbocycles. The van der Waals surface area contributed by atoms with Gasteiger partial charge >= 0.3 is 5.97 Å². The number of esters is 1. The van der Waals surface area contributed by atoms with Gasteiger partial charge in [0.2, 0.25) is 0 Å². The van der Waals surface area contributed by atoms with Crippen LogP contribution >= 0.6 is 43.2 Å². The first-order valence-electron chi connectivity index (χ1n) is 7.93. The van der Waals surface area contributed by atoms with Gasteiger partial charge in [-0.05, 0) is 66.8 Å². The summed E-state index contributed by atoms with van der Waals surface area (Å²) in [6.07, 6.45) is 1.89. The monoisotopic (exact) mass is 504 g/mol. The predicted octanol–water partition coefficient (Wildman–Crippen LogP) is 6.64. The van der Waals surface area contributed by atoms with Crippen LogP contribution in [0.1, 0.15) is 19.4 Å². The molecule has 1 aliphatic rings. The topological polar surface area (TPSA) is 26.3 Å². The summed E-state index contributed by atoms with van der Waals surface area (Å²) in [5.41, 5.74) is -0.167. The molecule has 2 nitrogen and oxygen atoms in total. The molecule has 0 bridgehead atoms. The van der Waals surface area contributed by atoms with E-state index in [1.807, 2.05) is 25.3 Å². The molecule has 26 heavy (non-hydrogen) atoms. The SMILES string of the molecule is CC1(C)[C@H](C(=O)OCc2c(F)ccc(-c3cccs3)c2F)[C@@H]1C=C(Br)Br. The summed E-state index contributed by atoms with van der Waals surface area (Å²) in [6.45, 7) is 3.50. The van der Waals surface area contributed by atoms with E-state index in [-0.39, 0.29) is 22.8 Å². The van der Waals surface area contributed by atoms with E-state index in [0.717, 1.165) is 3.39 Å². The average Bonchev–Trinajstić information content (AvgIpc) is 2.92. The predicted molar refractivity (Wildman–Crippen MR) is 106 cm³/mol. The molecule has 0 amide bonds. The minimum absolute atomic E-state index is 0.0101. The molecule has 1 aromatic carbocycles. The van der Waals surface area contributed by atoms with Crippen LogP contribution in [-0.2, 0) is 16.1 Å². The quantitative estimate of drug-likeness (QED) is 0.426. The normalized spacial score (nSPS) is 20.5. The van der Waals surface area contributed by atoms with Crippen molar-refractivity contribution in [2.45, 2.75) is 20.5 Å². The van der Waals surface area contributed by atoms with Crippen LogP contribution in [0.25, 0.3) is 10.4 Å². The number of halogens is 4. The zero-order valence-electron chi connectivity index (χ0n) is 14.1. The van der Waals surface area contributed by atoms with E-state index in [1.165, 1.54) is 23.5 Å². The largest absolute Gasteiger partial charge is 0.460 e. The Bertz CT molecular complexity index is 859. The van der Waals surface area contributed by atoms with E-state index < -0.39 is 24.2 Å².